The van der Waals surface area contributed by atoms with Gasteiger partial charge in [-0.25, -0.2) is 0 Å². The van der Waals surface area contributed by atoms with Crippen LogP contribution < -0.4 is 0 Å². The van der Waals surface area contributed by atoms with Crippen LogP contribution in [-0.4, -0.2) is 9.85 Å². The largest absolute Gasteiger partial charge is 0.508 e. The normalized spacial score (nSPS) is 13.1. The van der Waals surface area contributed by atoms with Crippen LogP contribution in [0.4, 0.5) is 0 Å². The molecule has 0 aliphatic heterocycles. The number of hydrogen-bond acceptors (Lipinski definition) is 2. The molecule has 0 saturated heterocycles. The minimum absolute atomic E-state index is 0.100. The molecule has 0 spiro atoms. The zero-order valence-corrected chi connectivity index (χ0v) is 16.0. The molecule has 0 amide bonds. The summed E-state index contributed by atoms with van der Waals surface area (Å²) in [6.45, 7) is 8.79. The van der Waals surface area contributed by atoms with Crippen molar-refractivity contribution in [1.82, 2.24) is 0 Å². The second-order valence-electron chi connectivity index (χ2n) is 6.41. The van der Waals surface area contributed by atoms with Gasteiger partial charge in [0.15, 0.2) is 0 Å². The first-order chi connectivity index (χ1) is 10.3. The highest BCUT2D eigenvalue weighted by Crippen LogP contribution is 2.46. The first-order valence-electron chi connectivity index (χ1n) is 7.55. The lowest BCUT2D eigenvalue weighted by Crippen LogP contribution is -2.12. The van der Waals surface area contributed by atoms with E-state index in [1.54, 1.807) is 6.07 Å². The number of thioether (sulfide) groups is 1. The molecule has 1 unspecified atom stereocenters. The Hall–Kier alpha value is -0.930. The molecule has 1 nitrogen and oxygen atoms in total. The van der Waals surface area contributed by atoms with Crippen LogP contribution in [0.25, 0.3) is 0 Å². The van der Waals surface area contributed by atoms with Gasteiger partial charge in [0.25, 0.3) is 0 Å². The Labute approximate surface area is 146 Å². The molecule has 0 aromatic heterocycles. The average molecular weight is 379 g/mol. The molecule has 2 aromatic carbocycles. The third-order valence-corrected chi connectivity index (χ3v) is 5.40. The van der Waals surface area contributed by atoms with Crippen molar-refractivity contribution in [3.63, 3.8) is 0 Å². The molecular weight excluding hydrogens is 356 g/mol. The van der Waals surface area contributed by atoms with Crippen LogP contribution in [0.5, 0.6) is 5.75 Å². The highest BCUT2D eigenvalue weighted by atomic mass is 79.9. The number of hydrogen-bond donors (Lipinski definition) is 1. The SMILES string of the molecule is CCc1ccc(C(SC(C)(C)C)c2cc(Br)ccc2O)cc1. The maximum absolute atomic E-state index is 10.3. The fraction of sp³-hybridized carbons (Fsp3) is 0.368. The first kappa shape index (κ1) is 17.4. The van der Waals surface area contributed by atoms with Crippen molar-refractivity contribution in [3.05, 3.63) is 63.6 Å². The van der Waals surface area contributed by atoms with Crippen molar-refractivity contribution in [2.24, 2.45) is 0 Å². The monoisotopic (exact) mass is 378 g/mol. The van der Waals surface area contributed by atoms with Gasteiger partial charge in [-0.15, -0.1) is 11.8 Å². The van der Waals surface area contributed by atoms with Gasteiger partial charge in [0.2, 0.25) is 0 Å². The zero-order chi connectivity index (χ0) is 16.3. The lowest BCUT2D eigenvalue weighted by Gasteiger charge is -2.27. The van der Waals surface area contributed by atoms with E-state index in [9.17, 15) is 5.11 Å². The minimum Gasteiger partial charge on any atom is -0.508 e. The van der Waals surface area contributed by atoms with Crippen LogP contribution in [0, 0.1) is 0 Å². The van der Waals surface area contributed by atoms with Crippen molar-refractivity contribution in [2.45, 2.75) is 44.1 Å². The number of phenolic OH excluding ortho intramolecular Hbond substituents is 1. The number of aromatic hydroxyl groups is 1. The minimum atomic E-state index is 0.100. The maximum Gasteiger partial charge on any atom is 0.120 e. The summed E-state index contributed by atoms with van der Waals surface area (Å²) in [5, 5.41) is 10.4. The van der Waals surface area contributed by atoms with E-state index in [1.807, 2.05) is 23.9 Å². The van der Waals surface area contributed by atoms with E-state index in [0.717, 1.165) is 16.5 Å². The second kappa shape index (κ2) is 7.10. The van der Waals surface area contributed by atoms with Crippen molar-refractivity contribution >= 4 is 27.7 Å². The molecule has 22 heavy (non-hydrogen) atoms. The Balaban J connectivity index is 2.47. The molecular formula is C19H23BrOS. The molecule has 2 aromatic rings. The lowest BCUT2D eigenvalue weighted by molar-refractivity contribution is 0.469. The van der Waals surface area contributed by atoms with E-state index < -0.39 is 0 Å². The van der Waals surface area contributed by atoms with Crippen molar-refractivity contribution in [1.29, 1.82) is 0 Å². The molecule has 0 radical (unpaired) electrons. The van der Waals surface area contributed by atoms with Crippen molar-refractivity contribution in [2.75, 3.05) is 0 Å². The summed E-state index contributed by atoms with van der Waals surface area (Å²) in [4.78, 5) is 0. The van der Waals surface area contributed by atoms with Crippen molar-refractivity contribution < 1.29 is 5.11 Å². The molecule has 3 heteroatoms. The van der Waals surface area contributed by atoms with Crippen LogP contribution in [0.3, 0.4) is 0 Å². The Morgan fingerprint density at radius 2 is 1.73 bits per heavy atom. The highest BCUT2D eigenvalue weighted by molar-refractivity contribution is 9.10. The zero-order valence-electron chi connectivity index (χ0n) is 13.6. The fourth-order valence-corrected chi connectivity index (χ4v) is 4.02. The molecule has 0 aliphatic rings. The van der Waals surface area contributed by atoms with Crippen molar-refractivity contribution in [3.8, 4) is 5.75 Å². The fourth-order valence-electron chi connectivity index (χ4n) is 2.33. The summed E-state index contributed by atoms with van der Waals surface area (Å²) in [6, 6.07) is 14.4. The van der Waals surface area contributed by atoms with Gasteiger partial charge in [0.05, 0.1) is 5.25 Å². The Morgan fingerprint density at radius 3 is 2.27 bits per heavy atom. The van der Waals surface area contributed by atoms with Crippen LogP contribution in [-0.2, 0) is 6.42 Å². The second-order valence-corrected chi connectivity index (χ2v) is 9.26. The van der Waals surface area contributed by atoms with E-state index in [2.05, 4.69) is 67.9 Å². The van der Waals surface area contributed by atoms with Gasteiger partial charge in [0.1, 0.15) is 5.75 Å². The van der Waals surface area contributed by atoms with Gasteiger partial charge in [-0.1, -0.05) is 67.9 Å². The molecule has 0 bridgehead atoms. The molecule has 0 fully saturated rings. The van der Waals surface area contributed by atoms with Gasteiger partial charge in [0, 0.05) is 14.8 Å². The van der Waals surface area contributed by atoms with Crippen LogP contribution in [0.2, 0.25) is 0 Å². The van der Waals surface area contributed by atoms with E-state index in [-0.39, 0.29) is 10.00 Å². The number of phenols is 1. The molecule has 118 valence electrons. The van der Waals surface area contributed by atoms with Gasteiger partial charge >= 0.3 is 0 Å². The standard InChI is InChI=1S/C19H23BrOS/c1-5-13-6-8-14(9-7-13)18(22-19(2,3)4)16-12-15(20)10-11-17(16)21/h6-12,18,21H,5H2,1-4H3. The van der Waals surface area contributed by atoms with Gasteiger partial charge in [-0.2, -0.15) is 0 Å². The quantitative estimate of drug-likeness (QED) is 0.669. The summed E-state index contributed by atoms with van der Waals surface area (Å²) >= 11 is 5.38. The summed E-state index contributed by atoms with van der Waals surface area (Å²) in [5.41, 5.74) is 3.52. The number of benzene rings is 2. The summed E-state index contributed by atoms with van der Waals surface area (Å²) in [6.07, 6.45) is 1.04. The Bertz CT molecular complexity index is 629. The molecule has 1 atom stereocenters. The summed E-state index contributed by atoms with van der Waals surface area (Å²) in [7, 11) is 0. The predicted molar refractivity (Wildman–Crippen MR) is 101 cm³/mol. The van der Waals surface area contributed by atoms with Gasteiger partial charge < -0.3 is 5.11 Å². The lowest BCUT2D eigenvalue weighted by atomic mass is 10.0. The molecule has 0 saturated carbocycles. The first-order valence-corrected chi connectivity index (χ1v) is 9.22. The highest BCUT2D eigenvalue weighted by Gasteiger charge is 2.24. The molecule has 1 N–H and O–H groups in total. The number of aryl methyl sites for hydroxylation is 1. The van der Waals surface area contributed by atoms with E-state index in [0.29, 0.717) is 5.75 Å². The van der Waals surface area contributed by atoms with Gasteiger partial charge in [-0.05, 0) is 35.7 Å². The summed E-state index contributed by atoms with van der Waals surface area (Å²) in [5.74, 6) is 0.351. The topological polar surface area (TPSA) is 20.2 Å². The third kappa shape index (κ3) is 4.53. The third-order valence-electron chi connectivity index (χ3n) is 3.43. The van der Waals surface area contributed by atoms with E-state index in [4.69, 9.17) is 0 Å². The smallest absolute Gasteiger partial charge is 0.120 e. The van der Waals surface area contributed by atoms with Gasteiger partial charge in [-0.3, -0.25) is 0 Å². The Kier molecular flexibility index (Phi) is 5.62. The molecule has 0 aliphatic carbocycles. The van der Waals surface area contributed by atoms with Crippen LogP contribution in [0.1, 0.15) is 49.6 Å². The number of halogens is 1. The van der Waals surface area contributed by atoms with Crippen LogP contribution >= 0.6 is 27.7 Å². The maximum atomic E-state index is 10.3. The summed E-state index contributed by atoms with van der Waals surface area (Å²) < 4.78 is 1.09. The number of rotatable bonds is 4. The van der Waals surface area contributed by atoms with Crippen LogP contribution in [0.15, 0.2) is 46.9 Å². The van der Waals surface area contributed by atoms with E-state index in [1.165, 1.54) is 11.1 Å². The predicted octanol–water partition coefficient (Wildman–Crippen LogP) is 6.34. The molecule has 0 heterocycles. The average Bonchev–Trinajstić information content (AvgIpc) is 2.47. The Morgan fingerprint density at radius 1 is 1.09 bits per heavy atom. The van der Waals surface area contributed by atoms with E-state index >= 15 is 0 Å². The molecule has 2 rings (SSSR count).